The Bertz CT molecular complexity index is 335. The van der Waals surface area contributed by atoms with Gasteiger partial charge in [0, 0.05) is 4.88 Å². The molecule has 13 heavy (non-hydrogen) atoms. The molecule has 0 aromatic carbocycles. The second-order valence-corrected chi connectivity index (χ2v) is 4.34. The first-order chi connectivity index (χ1) is 6.36. The van der Waals surface area contributed by atoms with Gasteiger partial charge in [0.05, 0.1) is 12.5 Å². The highest BCUT2D eigenvalue weighted by atomic mass is 32.1. The fourth-order valence-corrected chi connectivity index (χ4v) is 2.71. The van der Waals surface area contributed by atoms with Gasteiger partial charge in [-0.15, -0.1) is 11.3 Å². The number of ketones is 1. The number of ether oxygens (including phenoxy) is 1. The molecular weight excluding hydrogens is 186 g/mol. The minimum atomic E-state index is -0.00810. The van der Waals surface area contributed by atoms with E-state index in [2.05, 4.69) is 5.32 Å². The van der Waals surface area contributed by atoms with Crippen molar-refractivity contribution in [3.63, 3.8) is 0 Å². The van der Waals surface area contributed by atoms with Crippen LogP contribution in [0.5, 0.6) is 0 Å². The van der Waals surface area contributed by atoms with E-state index in [9.17, 15) is 4.79 Å². The molecule has 3 unspecified atom stereocenters. The first-order valence-corrected chi connectivity index (χ1v) is 5.19. The van der Waals surface area contributed by atoms with Gasteiger partial charge in [0.1, 0.15) is 12.3 Å². The Morgan fingerprint density at radius 2 is 2.54 bits per heavy atom. The first-order valence-electron chi connectivity index (χ1n) is 4.31. The average Bonchev–Trinajstić information content (AvgIpc) is 2.69. The maximum atomic E-state index is 11.6. The predicted molar refractivity (Wildman–Crippen MR) is 48.7 cm³/mol. The summed E-state index contributed by atoms with van der Waals surface area (Å²) < 4.78 is 5.36. The molecule has 3 rings (SSSR count). The molecule has 3 heterocycles. The van der Waals surface area contributed by atoms with E-state index in [1.165, 1.54) is 0 Å². The lowest BCUT2D eigenvalue weighted by atomic mass is 9.95. The summed E-state index contributed by atoms with van der Waals surface area (Å²) in [7, 11) is 0. The predicted octanol–water partition coefficient (Wildman–Crippen LogP) is 0.729. The van der Waals surface area contributed by atoms with Crippen molar-refractivity contribution in [1.82, 2.24) is 5.32 Å². The zero-order valence-electron chi connectivity index (χ0n) is 6.90. The Morgan fingerprint density at radius 1 is 1.62 bits per heavy atom. The summed E-state index contributed by atoms with van der Waals surface area (Å²) in [5, 5.41) is 5.03. The monoisotopic (exact) mass is 195 g/mol. The zero-order valence-corrected chi connectivity index (χ0v) is 7.71. The van der Waals surface area contributed by atoms with Gasteiger partial charge in [-0.2, -0.15) is 0 Å². The van der Waals surface area contributed by atoms with Crippen LogP contribution in [0.4, 0.5) is 0 Å². The largest absolute Gasteiger partial charge is 0.352 e. The fraction of sp³-hybridized carbons (Fsp3) is 0.444. The van der Waals surface area contributed by atoms with E-state index in [4.69, 9.17) is 4.74 Å². The van der Waals surface area contributed by atoms with Crippen LogP contribution in [0.2, 0.25) is 0 Å². The molecule has 3 atom stereocenters. The summed E-state index contributed by atoms with van der Waals surface area (Å²) in [5.74, 6) is 0.243. The van der Waals surface area contributed by atoms with Crippen LogP contribution in [0, 0.1) is 0 Å². The SMILES string of the molecule is O=C1CNC2OC2C1c1cccs1. The number of hydrogen-bond donors (Lipinski definition) is 1. The van der Waals surface area contributed by atoms with E-state index in [1.54, 1.807) is 11.3 Å². The van der Waals surface area contributed by atoms with Crippen LogP contribution in [0.15, 0.2) is 17.5 Å². The van der Waals surface area contributed by atoms with Crippen molar-refractivity contribution in [3.05, 3.63) is 22.4 Å². The van der Waals surface area contributed by atoms with Gasteiger partial charge in [-0.3, -0.25) is 10.1 Å². The van der Waals surface area contributed by atoms with Crippen molar-refractivity contribution in [2.24, 2.45) is 0 Å². The highest BCUT2D eigenvalue weighted by molar-refractivity contribution is 7.10. The molecule has 0 saturated carbocycles. The van der Waals surface area contributed by atoms with Crippen molar-refractivity contribution >= 4 is 17.1 Å². The third-order valence-electron chi connectivity index (χ3n) is 2.53. The molecule has 2 aliphatic rings. The number of piperidine rings is 1. The molecule has 0 amide bonds. The Balaban J connectivity index is 1.93. The number of Topliss-reactive ketones (excluding diaryl/α,β-unsaturated/α-hetero) is 1. The van der Waals surface area contributed by atoms with Crippen LogP contribution >= 0.6 is 11.3 Å². The molecule has 3 nitrogen and oxygen atoms in total. The number of fused-ring (bicyclic) bond motifs is 1. The summed E-state index contributed by atoms with van der Waals surface area (Å²) in [6.45, 7) is 0.448. The third-order valence-corrected chi connectivity index (χ3v) is 3.48. The minimum Gasteiger partial charge on any atom is -0.352 e. The summed E-state index contributed by atoms with van der Waals surface area (Å²) in [6.07, 6.45) is 0.227. The molecule has 0 radical (unpaired) electrons. The van der Waals surface area contributed by atoms with Crippen LogP contribution in [0.3, 0.4) is 0 Å². The number of carbonyl (C=O) groups excluding carboxylic acids is 1. The molecule has 1 aromatic rings. The number of thiophene rings is 1. The molecule has 1 N–H and O–H groups in total. The molecule has 0 spiro atoms. The van der Waals surface area contributed by atoms with E-state index in [0.717, 1.165) is 4.88 Å². The Kier molecular flexibility index (Phi) is 1.56. The topological polar surface area (TPSA) is 41.6 Å². The van der Waals surface area contributed by atoms with Crippen LogP contribution in [-0.2, 0) is 9.53 Å². The Hall–Kier alpha value is -0.710. The Morgan fingerprint density at radius 3 is 3.31 bits per heavy atom. The normalized spacial score (nSPS) is 37.2. The molecular formula is C9H9NO2S. The van der Waals surface area contributed by atoms with Gasteiger partial charge in [0.25, 0.3) is 0 Å². The van der Waals surface area contributed by atoms with Crippen LogP contribution in [0.1, 0.15) is 10.8 Å². The van der Waals surface area contributed by atoms with Crippen molar-refractivity contribution in [2.75, 3.05) is 6.54 Å². The number of rotatable bonds is 1. The van der Waals surface area contributed by atoms with Crippen molar-refractivity contribution in [2.45, 2.75) is 18.2 Å². The van der Waals surface area contributed by atoms with E-state index in [0.29, 0.717) is 6.54 Å². The maximum absolute atomic E-state index is 11.6. The molecule has 4 heteroatoms. The molecule has 68 valence electrons. The summed E-state index contributed by atoms with van der Waals surface area (Å²) in [5.41, 5.74) is 0. The second-order valence-electron chi connectivity index (χ2n) is 3.36. The highest BCUT2D eigenvalue weighted by Crippen LogP contribution is 2.39. The summed E-state index contributed by atoms with van der Waals surface area (Å²) in [6, 6.07) is 3.99. The lowest BCUT2D eigenvalue weighted by molar-refractivity contribution is -0.120. The van der Waals surface area contributed by atoms with Crippen molar-refractivity contribution < 1.29 is 9.53 Å². The van der Waals surface area contributed by atoms with E-state index < -0.39 is 0 Å². The number of epoxide rings is 1. The van der Waals surface area contributed by atoms with Crippen LogP contribution in [-0.4, -0.2) is 24.7 Å². The standard InChI is InChI=1S/C9H9NO2S/c11-5-4-10-9-8(12-9)7(5)6-2-1-3-13-6/h1-3,7-10H,4H2. The van der Waals surface area contributed by atoms with Gasteiger partial charge in [-0.1, -0.05) is 6.07 Å². The minimum absolute atomic E-state index is 0.00810. The van der Waals surface area contributed by atoms with Crippen molar-refractivity contribution in [3.8, 4) is 0 Å². The van der Waals surface area contributed by atoms with E-state index in [1.807, 2.05) is 17.5 Å². The van der Waals surface area contributed by atoms with Crippen LogP contribution in [0.25, 0.3) is 0 Å². The molecule has 2 saturated heterocycles. The maximum Gasteiger partial charge on any atom is 0.157 e. The lowest BCUT2D eigenvalue weighted by Crippen LogP contribution is -2.38. The van der Waals surface area contributed by atoms with Gasteiger partial charge in [0.2, 0.25) is 0 Å². The zero-order chi connectivity index (χ0) is 8.84. The molecule has 0 aliphatic carbocycles. The lowest BCUT2D eigenvalue weighted by Gasteiger charge is -2.15. The smallest absolute Gasteiger partial charge is 0.157 e. The van der Waals surface area contributed by atoms with Gasteiger partial charge in [-0.25, -0.2) is 0 Å². The van der Waals surface area contributed by atoms with Crippen LogP contribution < -0.4 is 5.32 Å². The molecule has 0 bridgehead atoms. The summed E-state index contributed by atoms with van der Waals surface area (Å²) >= 11 is 1.63. The second kappa shape index (κ2) is 2.64. The van der Waals surface area contributed by atoms with Gasteiger partial charge < -0.3 is 4.74 Å². The van der Waals surface area contributed by atoms with Gasteiger partial charge in [-0.05, 0) is 11.4 Å². The number of nitrogens with one attached hydrogen (secondary N) is 1. The van der Waals surface area contributed by atoms with Crippen molar-refractivity contribution in [1.29, 1.82) is 0 Å². The summed E-state index contributed by atoms with van der Waals surface area (Å²) in [4.78, 5) is 12.7. The van der Waals surface area contributed by atoms with Gasteiger partial charge in [0.15, 0.2) is 5.78 Å². The Labute approximate surface area is 79.7 Å². The number of hydrogen-bond acceptors (Lipinski definition) is 4. The molecule has 2 fully saturated rings. The van der Waals surface area contributed by atoms with Gasteiger partial charge >= 0.3 is 0 Å². The first kappa shape index (κ1) is 7.67. The molecule has 1 aromatic heterocycles. The number of carbonyl (C=O) groups is 1. The van der Waals surface area contributed by atoms with E-state index in [-0.39, 0.29) is 24.0 Å². The quantitative estimate of drug-likeness (QED) is 0.672. The average molecular weight is 195 g/mol. The third kappa shape index (κ3) is 1.14. The van der Waals surface area contributed by atoms with E-state index >= 15 is 0 Å². The fourth-order valence-electron chi connectivity index (χ4n) is 1.82. The molecule has 2 aliphatic heterocycles. The highest BCUT2D eigenvalue weighted by Gasteiger charge is 2.52.